The topological polar surface area (TPSA) is 90.6 Å². The number of rotatable bonds is 7. The third-order valence-electron chi connectivity index (χ3n) is 5.01. The van der Waals surface area contributed by atoms with Gasteiger partial charge in [-0.1, -0.05) is 12.1 Å². The van der Waals surface area contributed by atoms with Gasteiger partial charge in [0.15, 0.2) is 11.6 Å². The molecule has 2 amide bonds. The van der Waals surface area contributed by atoms with E-state index in [2.05, 4.69) is 15.5 Å². The highest BCUT2D eigenvalue weighted by molar-refractivity contribution is 5.95. The number of halogens is 1. The van der Waals surface area contributed by atoms with E-state index >= 15 is 0 Å². The van der Waals surface area contributed by atoms with E-state index in [9.17, 15) is 14.0 Å². The van der Waals surface area contributed by atoms with Crippen molar-refractivity contribution in [2.45, 2.75) is 19.4 Å². The van der Waals surface area contributed by atoms with E-state index in [-0.39, 0.29) is 17.6 Å². The maximum absolute atomic E-state index is 13.5. The molecule has 8 nitrogen and oxygen atoms in total. The molecule has 1 unspecified atom stereocenters. The molecule has 2 aromatic rings. The summed E-state index contributed by atoms with van der Waals surface area (Å²) in [6.07, 6.45) is 2.06. The summed E-state index contributed by atoms with van der Waals surface area (Å²) < 4.78 is 18.9. The number of amides is 2. The van der Waals surface area contributed by atoms with Crippen LogP contribution in [0.25, 0.3) is 0 Å². The minimum Gasteiger partial charge on any atom is -0.490 e. The molecule has 156 valence electrons. The number of carbonyl (C=O) groups is 2. The smallest absolute Gasteiger partial charge is 0.257 e. The van der Waals surface area contributed by atoms with Crippen molar-refractivity contribution in [1.82, 2.24) is 25.3 Å². The number of aromatic amines is 1. The first kappa shape index (κ1) is 20.8. The minimum absolute atomic E-state index is 0.125. The fourth-order valence-corrected chi connectivity index (χ4v) is 3.22. The first-order valence-corrected chi connectivity index (χ1v) is 9.62. The van der Waals surface area contributed by atoms with Crippen LogP contribution in [0, 0.1) is 12.7 Å². The zero-order chi connectivity index (χ0) is 20.8. The van der Waals surface area contributed by atoms with Gasteiger partial charge < -0.3 is 15.0 Å². The van der Waals surface area contributed by atoms with Gasteiger partial charge in [-0.3, -0.25) is 19.6 Å². The van der Waals surface area contributed by atoms with Crippen molar-refractivity contribution in [1.29, 1.82) is 0 Å². The number of nitrogens with one attached hydrogen (secondary N) is 2. The van der Waals surface area contributed by atoms with E-state index in [0.29, 0.717) is 50.5 Å². The van der Waals surface area contributed by atoms with Crippen LogP contribution >= 0.6 is 0 Å². The van der Waals surface area contributed by atoms with Gasteiger partial charge in [-0.15, -0.1) is 0 Å². The minimum atomic E-state index is -0.424. The van der Waals surface area contributed by atoms with Crippen molar-refractivity contribution in [2.75, 3.05) is 39.8 Å². The molecule has 0 bridgehead atoms. The monoisotopic (exact) mass is 403 g/mol. The third kappa shape index (κ3) is 5.11. The average Bonchev–Trinajstić information content (AvgIpc) is 3.14. The lowest BCUT2D eigenvalue weighted by atomic mass is 10.1. The Morgan fingerprint density at radius 1 is 1.34 bits per heavy atom. The molecule has 29 heavy (non-hydrogen) atoms. The molecule has 2 N–H and O–H groups in total. The van der Waals surface area contributed by atoms with Gasteiger partial charge in [-0.05, 0) is 32.5 Å². The lowest BCUT2D eigenvalue weighted by Gasteiger charge is -2.38. The molecule has 9 heteroatoms. The highest BCUT2D eigenvalue weighted by Crippen LogP contribution is 2.16. The van der Waals surface area contributed by atoms with Gasteiger partial charge in [0, 0.05) is 31.9 Å². The summed E-state index contributed by atoms with van der Waals surface area (Å²) in [7, 11) is 1.87. The van der Waals surface area contributed by atoms with Crippen LogP contribution in [-0.4, -0.2) is 77.7 Å². The average molecular weight is 403 g/mol. The fourth-order valence-electron chi connectivity index (χ4n) is 3.22. The van der Waals surface area contributed by atoms with E-state index in [1.807, 2.05) is 11.9 Å². The van der Waals surface area contributed by atoms with Crippen LogP contribution in [0.3, 0.4) is 0 Å². The molecular weight excluding hydrogens is 377 g/mol. The second-order valence-corrected chi connectivity index (χ2v) is 7.08. The Bertz CT molecular complexity index is 856. The fraction of sp³-hybridized carbons (Fsp3) is 0.450. The number of nitrogens with zero attached hydrogens (tertiary/aromatic N) is 3. The largest absolute Gasteiger partial charge is 0.490 e. The number of benzene rings is 1. The second kappa shape index (κ2) is 9.51. The Morgan fingerprint density at radius 3 is 2.86 bits per heavy atom. The van der Waals surface area contributed by atoms with Crippen LogP contribution in [0.5, 0.6) is 5.75 Å². The molecule has 3 rings (SSSR count). The number of aromatic nitrogens is 2. The summed E-state index contributed by atoms with van der Waals surface area (Å²) in [6.45, 7) is 3.98. The lowest BCUT2D eigenvalue weighted by molar-refractivity contribution is -0.127. The van der Waals surface area contributed by atoms with E-state index in [1.165, 1.54) is 12.3 Å². The van der Waals surface area contributed by atoms with Crippen molar-refractivity contribution in [2.24, 2.45) is 0 Å². The highest BCUT2D eigenvalue weighted by Gasteiger charge is 2.33. The summed E-state index contributed by atoms with van der Waals surface area (Å²) in [4.78, 5) is 28.9. The Kier molecular flexibility index (Phi) is 6.82. The van der Waals surface area contributed by atoms with Crippen LogP contribution in [0.4, 0.5) is 4.39 Å². The summed E-state index contributed by atoms with van der Waals surface area (Å²) in [5.74, 6) is -0.465. The Balaban J connectivity index is 1.46. The van der Waals surface area contributed by atoms with Gasteiger partial charge in [0.05, 0.1) is 18.4 Å². The van der Waals surface area contributed by atoms with Gasteiger partial charge >= 0.3 is 0 Å². The third-order valence-corrected chi connectivity index (χ3v) is 5.01. The number of carbonyl (C=O) groups excluding carboxylic acids is 2. The highest BCUT2D eigenvalue weighted by atomic mass is 19.1. The summed E-state index contributed by atoms with van der Waals surface area (Å²) >= 11 is 0. The maximum Gasteiger partial charge on any atom is 0.257 e. The van der Waals surface area contributed by atoms with Crippen LogP contribution in [-0.2, 0) is 4.79 Å². The van der Waals surface area contributed by atoms with Crippen molar-refractivity contribution in [3.8, 4) is 5.75 Å². The Hall–Kier alpha value is -2.94. The number of aryl methyl sites for hydroxylation is 1. The molecule has 0 spiro atoms. The molecule has 1 aliphatic rings. The van der Waals surface area contributed by atoms with Gasteiger partial charge in [-0.2, -0.15) is 5.10 Å². The van der Waals surface area contributed by atoms with Crippen LogP contribution in [0.2, 0.25) is 0 Å². The molecule has 0 saturated carbocycles. The van der Waals surface area contributed by atoms with E-state index < -0.39 is 11.9 Å². The first-order chi connectivity index (χ1) is 14.0. The first-order valence-electron chi connectivity index (χ1n) is 9.62. The molecule has 1 fully saturated rings. The predicted octanol–water partition coefficient (Wildman–Crippen LogP) is 1.20. The predicted molar refractivity (Wildman–Crippen MR) is 105 cm³/mol. The van der Waals surface area contributed by atoms with Crippen molar-refractivity contribution < 1.29 is 18.7 Å². The number of H-pyrrole nitrogens is 1. The SMILES string of the molecule is Cc1[nH]ncc1C(=O)N1CCN(C)C(C(=O)NCCCOc2ccccc2F)C1. The van der Waals surface area contributed by atoms with Gasteiger partial charge in [0.25, 0.3) is 5.91 Å². The molecule has 1 atom stereocenters. The van der Waals surface area contributed by atoms with Crippen LogP contribution < -0.4 is 10.1 Å². The number of hydrogen-bond acceptors (Lipinski definition) is 5. The van der Waals surface area contributed by atoms with Gasteiger partial charge in [-0.25, -0.2) is 4.39 Å². The molecule has 0 aliphatic carbocycles. The molecule has 1 aromatic heterocycles. The molecule has 0 radical (unpaired) electrons. The lowest BCUT2D eigenvalue weighted by Crippen LogP contribution is -2.58. The maximum atomic E-state index is 13.5. The summed E-state index contributed by atoms with van der Waals surface area (Å²) in [5, 5.41) is 9.54. The molecule has 1 aliphatic heterocycles. The van der Waals surface area contributed by atoms with E-state index in [4.69, 9.17) is 4.74 Å². The summed E-state index contributed by atoms with van der Waals surface area (Å²) in [5.41, 5.74) is 1.24. The molecular formula is C20H26FN5O3. The van der Waals surface area contributed by atoms with Crippen LogP contribution in [0.15, 0.2) is 30.5 Å². The second-order valence-electron chi connectivity index (χ2n) is 7.08. The van der Waals surface area contributed by atoms with Crippen molar-refractivity contribution in [3.63, 3.8) is 0 Å². The zero-order valence-corrected chi connectivity index (χ0v) is 16.7. The van der Waals surface area contributed by atoms with Gasteiger partial charge in [0.1, 0.15) is 6.04 Å². The number of hydrogen-bond donors (Lipinski definition) is 2. The van der Waals surface area contributed by atoms with Crippen LogP contribution in [0.1, 0.15) is 22.5 Å². The molecule has 1 saturated heterocycles. The Labute approximate surface area is 169 Å². The summed E-state index contributed by atoms with van der Waals surface area (Å²) in [6, 6.07) is 5.79. The van der Waals surface area contributed by atoms with E-state index in [1.54, 1.807) is 30.0 Å². The zero-order valence-electron chi connectivity index (χ0n) is 16.7. The normalized spacial score (nSPS) is 17.2. The number of likely N-dealkylation sites (N-methyl/N-ethyl adjacent to an activating group) is 1. The van der Waals surface area contributed by atoms with Crippen molar-refractivity contribution >= 4 is 11.8 Å². The van der Waals surface area contributed by atoms with Crippen molar-refractivity contribution in [3.05, 3.63) is 47.5 Å². The molecule has 2 heterocycles. The quantitative estimate of drug-likeness (QED) is 0.678. The standard InChI is InChI=1S/C20H26FN5O3/c1-14-15(12-23-24-14)20(28)26-10-9-25(2)17(13-26)19(27)22-8-5-11-29-18-7-4-3-6-16(18)21/h3-4,6-7,12,17H,5,8-11,13H2,1-2H3,(H,22,27)(H,23,24). The number of piperazine rings is 1. The number of para-hydroxylation sites is 1. The number of ether oxygens (including phenoxy) is 1. The van der Waals surface area contributed by atoms with Gasteiger partial charge in [0.2, 0.25) is 5.91 Å². The Morgan fingerprint density at radius 2 is 2.14 bits per heavy atom. The van der Waals surface area contributed by atoms with E-state index in [0.717, 1.165) is 0 Å². The molecule has 1 aromatic carbocycles.